The molecular formula is C15H16N4O2S. The van der Waals surface area contributed by atoms with Gasteiger partial charge in [0.1, 0.15) is 0 Å². The molecule has 1 saturated heterocycles. The molecule has 0 atom stereocenters. The van der Waals surface area contributed by atoms with Gasteiger partial charge in [-0.15, -0.1) is 11.3 Å². The number of rotatable bonds is 4. The van der Waals surface area contributed by atoms with Gasteiger partial charge in [-0.2, -0.15) is 0 Å². The fourth-order valence-corrected chi connectivity index (χ4v) is 2.77. The lowest BCUT2D eigenvalue weighted by molar-refractivity contribution is -0.105. The van der Waals surface area contributed by atoms with Crippen LogP contribution in [-0.2, 0) is 9.53 Å². The van der Waals surface area contributed by atoms with Crippen LogP contribution in [0.25, 0.3) is 16.3 Å². The second kappa shape index (κ2) is 6.67. The standard InChI is InChI=1S/C15H16N4O2S/c1-16-15(19-12-7-21-8-12)18-11(6-20)4-10-2-3-13-14(5-10)22-9-17-13/h2-6,9,12H,7-8H2,1H3,(H2,16,18,19)/b11-4-. The molecule has 0 amide bonds. The molecule has 1 aromatic carbocycles. The number of nitrogens with one attached hydrogen (secondary N) is 2. The zero-order chi connectivity index (χ0) is 15.4. The summed E-state index contributed by atoms with van der Waals surface area (Å²) < 4.78 is 6.20. The molecular weight excluding hydrogens is 300 g/mol. The molecule has 3 rings (SSSR count). The highest BCUT2D eigenvalue weighted by molar-refractivity contribution is 7.16. The average molecular weight is 316 g/mol. The van der Waals surface area contributed by atoms with Gasteiger partial charge in [0.05, 0.1) is 40.7 Å². The number of carbonyl (C=O) groups is 1. The van der Waals surface area contributed by atoms with Crippen molar-refractivity contribution in [2.45, 2.75) is 6.04 Å². The van der Waals surface area contributed by atoms with Gasteiger partial charge in [0, 0.05) is 7.05 Å². The Morgan fingerprint density at radius 3 is 3.05 bits per heavy atom. The van der Waals surface area contributed by atoms with Crippen molar-refractivity contribution in [1.29, 1.82) is 0 Å². The SMILES string of the molecule is CN=C(N/C(C=O)=C\c1ccc2ncsc2c1)NC1COC1. The van der Waals surface area contributed by atoms with E-state index in [9.17, 15) is 4.79 Å². The van der Waals surface area contributed by atoms with E-state index in [1.165, 1.54) is 0 Å². The Labute approximate surface area is 131 Å². The summed E-state index contributed by atoms with van der Waals surface area (Å²) in [4.78, 5) is 19.6. The molecule has 1 aromatic heterocycles. The summed E-state index contributed by atoms with van der Waals surface area (Å²) in [6.07, 6.45) is 2.57. The molecule has 1 aliphatic heterocycles. The first-order valence-corrected chi connectivity index (χ1v) is 7.74. The number of benzene rings is 1. The first-order valence-electron chi connectivity index (χ1n) is 6.86. The zero-order valence-corrected chi connectivity index (χ0v) is 12.9. The molecule has 2 aromatic rings. The van der Waals surface area contributed by atoms with Gasteiger partial charge in [-0.25, -0.2) is 4.98 Å². The van der Waals surface area contributed by atoms with Crippen LogP contribution in [0.5, 0.6) is 0 Å². The molecule has 2 N–H and O–H groups in total. The van der Waals surface area contributed by atoms with Crippen molar-refractivity contribution < 1.29 is 9.53 Å². The van der Waals surface area contributed by atoms with Gasteiger partial charge in [0.25, 0.3) is 0 Å². The van der Waals surface area contributed by atoms with Crippen molar-refractivity contribution in [2.24, 2.45) is 4.99 Å². The van der Waals surface area contributed by atoms with E-state index in [4.69, 9.17) is 4.74 Å². The second-order valence-electron chi connectivity index (χ2n) is 4.87. The van der Waals surface area contributed by atoms with Crippen LogP contribution in [0.4, 0.5) is 0 Å². The normalized spacial score (nSPS) is 16.4. The number of ether oxygens (including phenoxy) is 1. The molecule has 1 fully saturated rings. The molecule has 114 valence electrons. The van der Waals surface area contributed by atoms with Gasteiger partial charge < -0.3 is 15.4 Å². The fourth-order valence-electron chi connectivity index (χ4n) is 2.05. The Morgan fingerprint density at radius 1 is 1.50 bits per heavy atom. The van der Waals surface area contributed by atoms with Crippen LogP contribution >= 0.6 is 11.3 Å². The van der Waals surface area contributed by atoms with Crippen LogP contribution in [0.1, 0.15) is 5.56 Å². The summed E-state index contributed by atoms with van der Waals surface area (Å²) in [6.45, 7) is 1.31. The molecule has 0 saturated carbocycles. The molecule has 1 aliphatic rings. The topological polar surface area (TPSA) is 75.6 Å². The number of carbonyl (C=O) groups excluding carboxylic acids is 1. The van der Waals surface area contributed by atoms with E-state index in [2.05, 4.69) is 20.6 Å². The van der Waals surface area contributed by atoms with E-state index in [0.29, 0.717) is 24.9 Å². The molecule has 0 unspecified atom stereocenters. The van der Waals surface area contributed by atoms with Crippen LogP contribution in [-0.4, -0.2) is 43.5 Å². The number of aldehydes is 1. The van der Waals surface area contributed by atoms with E-state index in [1.807, 2.05) is 23.7 Å². The van der Waals surface area contributed by atoms with Gasteiger partial charge in [0.15, 0.2) is 12.2 Å². The molecule has 7 heteroatoms. The first-order chi connectivity index (χ1) is 10.8. The number of aromatic nitrogens is 1. The molecule has 0 radical (unpaired) electrons. The number of guanidine groups is 1. The average Bonchev–Trinajstić information content (AvgIpc) is 2.96. The highest BCUT2D eigenvalue weighted by Gasteiger charge is 2.19. The predicted molar refractivity (Wildman–Crippen MR) is 87.9 cm³/mol. The summed E-state index contributed by atoms with van der Waals surface area (Å²) in [5.41, 5.74) is 4.15. The minimum atomic E-state index is 0.243. The molecule has 22 heavy (non-hydrogen) atoms. The quantitative estimate of drug-likeness (QED) is 0.386. The molecule has 0 bridgehead atoms. The number of fused-ring (bicyclic) bond motifs is 1. The second-order valence-corrected chi connectivity index (χ2v) is 5.76. The third-order valence-corrected chi connectivity index (χ3v) is 4.06. The fraction of sp³-hybridized carbons (Fsp3) is 0.267. The van der Waals surface area contributed by atoms with Gasteiger partial charge in [-0.1, -0.05) is 6.07 Å². The maximum absolute atomic E-state index is 11.3. The summed E-state index contributed by atoms with van der Waals surface area (Å²) in [6, 6.07) is 6.13. The number of aliphatic imine (C=N–C) groups is 1. The third-order valence-electron chi connectivity index (χ3n) is 3.27. The number of hydrogen-bond acceptors (Lipinski definition) is 5. The monoisotopic (exact) mass is 316 g/mol. The summed E-state index contributed by atoms with van der Waals surface area (Å²) in [5, 5.41) is 6.19. The summed E-state index contributed by atoms with van der Waals surface area (Å²) >= 11 is 1.57. The van der Waals surface area contributed by atoms with Crippen LogP contribution in [0.2, 0.25) is 0 Å². The number of thiazole rings is 1. The highest BCUT2D eigenvalue weighted by Crippen LogP contribution is 2.20. The Kier molecular flexibility index (Phi) is 4.45. The smallest absolute Gasteiger partial charge is 0.195 e. The lowest BCUT2D eigenvalue weighted by atomic mass is 10.2. The molecule has 0 spiro atoms. The van der Waals surface area contributed by atoms with Crippen LogP contribution in [0.15, 0.2) is 34.4 Å². The summed E-state index contributed by atoms with van der Waals surface area (Å²) in [7, 11) is 1.67. The lowest BCUT2D eigenvalue weighted by Crippen LogP contribution is -2.52. The number of nitrogens with zero attached hydrogens (tertiary/aromatic N) is 2. The van der Waals surface area contributed by atoms with Crippen molar-refractivity contribution >= 4 is 39.9 Å². The molecule has 6 nitrogen and oxygen atoms in total. The lowest BCUT2D eigenvalue weighted by Gasteiger charge is -2.28. The van der Waals surface area contributed by atoms with Crippen LogP contribution in [0.3, 0.4) is 0 Å². The Morgan fingerprint density at radius 2 is 2.36 bits per heavy atom. The van der Waals surface area contributed by atoms with Crippen molar-refractivity contribution in [3.8, 4) is 0 Å². The van der Waals surface area contributed by atoms with Gasteiger partial charge >= 0.3 is 0 Å². The minimum Gasteiger partial charge on any atom is -0.377 e. The van der Waals surface area contributed by atoms with Crippen molar-refractivity contribution in [3.63, 3.8) is 0 Å². The van der Waals surface area contributed by atoms with Crippen molar-refractivity contribution in [1.82, 2.24) is 15.6 Å². The third kappa shape index (κ3) is 3.32. The first kappa shape index (κ1) is 14.7. The van der Waals surface area contributed by atoms with E-state index in [-0.39, 0.29) is 6.04 Å². The van der Waals surface area contributed by atoms with Crippen LogP contribution in [0, 0.1) is 0 Å². The Hall–Kier alpha value is -2.25. The number of allylic oxidation sites excluding steroid dienone is 1. The van der Waals surface area contributed by atoms with Crippen molar-refractivity contribution in [2.75, 3.05) is 20.3 Å². The van der Waals surface area contributed by atoms with Crippen molar-refractivity contribution in [3.05, 3.63) is 35.0 Å². The Balaban J connectivity index is 1.75. The summed E-state index contributed by atoms with van der Waals surface area (Å²) in [5.74, 6) is 0.561. The molecule has 2 heterocycles. The largest absolute Gasteiger partial charge is 0.377 e. The highest BCUT2D eigenvalue weighted by atomic mass is 32.1. The van der Waals surface area contributed by atoms with E-state index in [0.717, 1.165) is 22.1 Å². The van der Waals surface area contributed by atoms with Crippen LogP contribution < -0.4 is 10.6 Å². The van der Waals surface area contributed by atoms with E-state index < -0.39 is 0 Å². The zero-order valence-electron chi connectivity index (χ0n) is 12.1. The maximum atomic E-state index is 11.3. The van der Waals surface area contributed by atoms with E-state index >= 15 is 0 Å². The van der Waals surface area contributed by atoms with Gasteiger partial charge in [-0.05, 0) is 23.8 Å². The van der Waals surface area contributed by atoms with Gasteiger partial charge in [-0.3, -0.25) is 9.79 Å². The maximum Gasteiger partial charge on any atom is 0.195 e. The Bertz CT molecular complexity index is 734. The molecule has 0 aliphatic carbocycles. The minimum absolute atomic E-state index is 0.243. The number of hydrogen-bond donors (Lipinski definition) is 2. The predicted octanol–water partition coefficient (Wildman–Crippen LogP) is 1.40. The van der Waals surface area contributed by atoms with Gasteiger partial charge in [0.2, 0.25) is 0 Å². The van der Waals surface area contributed by atoms with E-state index in [1.54, 1.807) is 24.5 Å².